The van der Waals surface area contributed by atoms with Crippen LogP contribution in [0.4, 0.5) is 14.7 Å². The maximum atomic E-state index is 13.8. The number of benzene rings is 1. The van der Waals surface area contributed by atoms with E-state index in [1.165, 1.54) is 21.3 Å². The lowest BCUT2D eigenvalue weighted by Gasteiger charge is -2.30. The summed E-state index contributed by atoms with van der Waals surface area (Å²) in [5.74, 6) is 0.696. The predicted octanol–water partition coefficient (Wildman–Crippen LogP) is 2.01. The van der Waals surface area contributed by atoms with Crippen LogP contribution in [0.5, 0.6) is 0 Å². The van der Waals surface area contributed by atoms with Crippen molar-refractivity contribution < 1.29 is 29.8 Å². The number of fused-ring (bicyclic) bond motifs is 2. The van der Waals surface area contributed by atoms with Crippen LogP contribution < -0.4 is 10.9 Å². The molecule has 42 heavy (non-hydrogen) atoms. The summed E-state index contributed by atoms with van der Waals surface area (Å²) in [6.45, 7) is 0.533. The van der Waals surface area contributed by atoms with Gasteiger partial charge in [-0.25, -0.2) is 31.5 Å². The predicted molar refractivity (Wildman–Crippen MR) is 152 cm³/mol. The molecule has 1 fully saturated rings. The Bertz CT molecular complexity index is 1900. The van der Waals surface area contributed by atoms with Gasteiger partial charge in [0.25, 0.3) is 22.1 Å². The van der Waals surface area contributed by atoms with Crippen LogP contribution in [0.25, 0.3) is 22.1 Å². The average Bonchev–Trinajstić information content (AvgIpc) is 3.31. The number of anilines is 1. The van der Waals surface area contributed by atoms with Crippen molar-refractivity contribution in [2.24, 2.45) is 0 Å². The molecule has 0 radical (unpaired) electrons. The number of rotatable bonds is 10. The molecule has 0 amide bonds. The molecule has 5 rings (SSSR count). The first kappa shape index (κ1) is 29.9. The van der Waals surface area contributed by atoms with Gasteiger partial charge in [-0.3, -0.25) is 13.5 Å². The van der Waals surface area contributed by atoms with Gasteiger partial charge in [-0.2, -0.15) is 13.4 Å². The zero-order valence-electron chi connectivity index (χ0n) is 22.7. The molecule has 0 bridgehead atoms. The number of nitrogens with one attached hydrogen (secondary N) is 2. The monoisotopic (exact) mass is 625 g/mol. The topological polar surface area (TPSA) is 169 Å². The van der Waals surface area contributed by atoms with Crippen molar-refractivity contribution in [3.63, 3.8) is 0 Å². The fraction of sp³-hybridized carbons (Fsp3) is 0.440. The molecule has 13 nitrogen and oxygen atoms in total. The van der Waals surface area contributed by atoms with Gasteiger partial charge >= 0.3 is 0 Å². The van der Waals surface area contributed by atoms with Crippen LogP contribution in [0.3, 0.4) is 0 Å². The van der Waals surface area contributed by atoms with Crippen LogP contribution in [-0.4, -0.2) is 83.9 Å². The van der Waals surface area contributed by atoms with Gasteiger partial charge in [-0.1, -0.05) is 6.07 Å². The molecule has 4 heterocycles. The summed E-state index contributed by atoms with van der Waals surface area (Å²) >= 11 is 0. The Labute approximate surface area is 240 Å². The van der Waals surface area contributed by atoms with Crippen molar-refractivity contribution in [3.8, 4) is 0 Å². The SMILES string of the molecule is CS(=O)(=O)OCCc1nc2ccc(Cn3c(=O)c(C(F)F)cc4cnc(NC5CCN(S(C)(=O)=O)CC5)nc43)cc2[nH]1. The third-order valence-electron chi connectivity index (χ3n) is 6.92. The molecule has 2 N–H and O–H groups in total. The molecule has 0 spiro atoms. The van der Waals surface area contributed by atoms with Crippen molar-refractivity contribution in [3.05, 3.63) is 57.8 Å². The fourth-order valence-electron chi connectivity index (χ4n) is 4.87. The normalized spacial score (nSPS) is 15.6. The number of hydrogen-bond donors (Lipinski definition) is 2. The van der Waals surface area contributed by atoms with Gasteiger partial charge in [0.15, 0.2) is 0 Å². The molecule has 1 aromatic carbocycles. The molecular weight excluding hydrogens is 596 g/mol. The second-order valence-corrected chi connectivity index (χ2v) is 13.8. The van der Waals surface area contributed by atoms with Gasteiger partial charge in [-0.05, 0) is 36.6 Å². The summed E-state index contributed by atoms with van der Waals surface area (Å²) in [6, 6.07) is 6.13. The lowest BCUT2D eigenvalue weighted by Crippen LogP contribution is -2.42. The largest absolute Gasteiger partial charge is 0.351 e. The van der Waals surface area contributed by atoms with Crippen molar-refractivity contribution in [2.75, 3.05) is 37.5 Å². The number of alkyl halides is 2. The number of nitrogens with zero attached hydrogens (tertiary/aromatic N) is 5. The van der Waals surface area contributed by atoms with Crippen molar-refractivity contribution in [1.29, 1.82) is 0 Å². The number of sulfonamides is 1. The fourth-order valence-corrected chi connectivity index (χ4v) is 6.13. The number of hydrogen-bond acceptors (Lipinski definition) is 10. The maximum absolute atomic E-state index is 13.8. The van der Waals surface area contributed by atoms with Crippen LogP contribution in [0.1, 0.15) is 36.2 Å². The highest BCUT2D eigenvalue weighted by Crippen LogP contribution is 2.23. The molecule has 4 aromatic rings. The summed E-state index contributed by atoms with van der Waals surface area (Å²) in [4.78, 5) is 29.4. The van der Waals surface area contributed by atoms with Gasteiger partial charge in [-0.15, -0.1) is 0 Å². The zero-order chi connectivity index (χ0) is 30.2. The molecule has 226 valence electrons. The Morgan fingerprint density at radius 2 is 1.86 bits per heavy atom. The summed E-state index contributed by atoms with van der Waals surface area (Å²) in [6.07, 6.45) is 1.77. The molecule has 0 saturated carbocycles. The smallest absolute Gasteiger partial charge is 0.269 e. The molecule has 3 aromatic heterocycles. The van der Waals surface area contributed by atoms with E-state index in [1.54, 1.807) is 18.2 Å². The zero-order valence-corrected chi connectivity index (χ0v) is 24.4. The molecule has 1 aliphatic heterocycles. The quantitative estimate of drug-likeness (QED) is 0.249. The third kappa shape index (κ3) is 6.91. The summed E-state index contributed by atoms with van der Waals surface area (Å²) in [5.41, 5.74) is 0.437. The lowest BCUT2D eigenvalue weighted by molar-refractivity contribution is 0.149. The Morgan fingerprint density at radius 3 is 2.52 bits per heavy atom. The number of halogens is 2. The molecule has 0 aliphatic carbocycles. The number of aromatic nitrogens is 5. The molecule has 0 unspecified atom stereocenters. The Morgan fingerprint density at radius 1 is 1.12 bits per heavy atom. The third-order valence-corrected chi connectivity index (χ3v) is 8.82. The molecule has 1 aliphatic rings. The maximum Gasteiger partial charge on any atom is 0.269 e. The Kier molecular flexibility index (Phi) is 8.28. The van der Waals surface area contributed by atoms with Crippen LogP contribution in [0.15, 0.2) is 35.3 Å². The second kappa shape index (κ2) is 11.6. The minimum absolute atomic E-state index is 0.0689. The lowest BCUT2D eigenvalue weighted by atomic mass is 10.1. The van der Waals surface area contributed by atoms with Crippen LogP contribution in [-0.2, 0) is 37.3 Å². The highest BCUT2D eigenvalue weighted by Gasteiger charge is 2.26. The number of H-pyrrole nitrogens is 1. The summed E-state index contributed by atoms with van der Waals surface area (Å²) in [5, 5.41) is 3.44. The molecular formula is C25H29F2N7O6S2. The van der Waals surface area contributed by atoms with Gasteiger partial charge in [0.1, 0.15) is 11.5 Å². The van der Waals surface area contributed by atoms with Crippen LogP contribution in [0, 0.1) is 0 Å². The van der Waals surface area contributed by atoms with E-state index in [2.05, 4.69) is 25.3 Å². The van der Waals surface area contributed by atoms with E-state index in [-0.39, 0.29) is 42.6 Å². The van der Waals surface area contributed by atoms with Crippen molar-refractivity contribution >= 4 is 48.2 Å². The minimum Gasteiger partial charge on any atom is -0.351 e. The highest BCUT2D eigenvalue weighted by molar-refractivity contribution is 7.88. The first-order chi connectivity index (χ1) is 19.8. The standard InChI is InChI=1S/C25H29F2N7O6S2/c1-41(36,37)33-8-5-17(6-9-33)29-25-28-13-16-12-18(22(26)27)24(35)34(23(16)32-25)14-15-3-4-19-20(11-15)31-21(30-19)7-10-40-42(2,38)39/h3-4,11-13,17,22H,5-10,14H2,1-2H3,(H,30,31)(H,28,29,32). The van der Waals surface area contributed by atoms with E-state index in [4.69, 9.17) is 4.18 Å². The van der Waals surface area contributed by atoms with E-state index in [1.807, 2.05) is 0 Å². The first-order valence-electron chi connectivity index (χ1n) is 13.0. The van der Waals surface area contributed by atoms with Crippen LogP contribution >= 0.6 is 0 Å². The van der Waals surface area contributed by atoms with Crippen molar-refractivity contribution in [1.82, 2.24) is 28.8 Å². The molecule has 1 saturated heterocycles. The highest BCUT2D eigenvalue weighted by atomic mass is 32.2. The van der Waals surface area contributed by atoms with Gasteiger partial charge in [0.2, 0.25) is 16.0 Å². The number of pyridine rings is 1. The van der Waals surface area contributed by atoms with E-state index < -0.39 is 37.7 Å². The summed E-state index contributed by atoms with van der Waals surface area (Å²) in [7, 11) is -6.87. The summed E-state index contributed by atoms with van der Waals surface area (Å²) < 4.78 is 80.9. The van der Waals surface area contributed by atoms with E-state index >= 15 is 0 Å². The van der Waals surface area contributed by atoms with Crippen molar-refractivity contribution in [2.45, 2.75) is 38.3 Å². The van der Waals surface area contributed by atoms with E-state index in [0.29, 0.717) is 48.4 Å². The van der Waals surface area contributed by atoms with E-state index in [9.17, 15) is 30.4 Å². The van der Waals surface area contributed by atoms with Gasteiger partial charge in [0.05, 0.1) is 42.3 Å². The molecule has 0 atom stereocenters. The number of imidazole rings is 1. The Balaban J connectivity index is 1.42. The average molecular weight is 626 g/mol. The van der Waals surface area contributed by atoms with Crippen LogP contribution in [0.2, 0.25) is 0 Å². The Hall–Kier alpha value is -3.54. The first-order valence-corrected chi connectivity index (χ1v) is 16.7. The number of aromatic amines is 1. The van der Waals surface area contributed by atoms with E-state index in [0.717, 1.165) is 12.3 Å². The minimum atomic E-state index is -3.58. The second-order valence-electron chi connectivity index (χ2n) is 10.2. The van der Waals surface area contributed by atoms with Gasteiger partial charge in [0, 0.05) is 37.1 Å². The molecule has 17 heteroatoms. The van der Waals surface area contributed by atoms with Gasteiger partial charge < -0.3 is 10.3 Å². The number of piperidine rings is 1.